The molecule has 0 spiro atoms. The second-order valence-corrected chi connectivity index (χ2v) is 5.59. The Kier molecular flexibility index (Phi) is 3.48. The highest BCUT2D eigenvalue weighted by molar-refractivity contribution is 6.20. The Hall–Kier alpha value is -1.12. The molecule has 0 N–H and O–H groups in total. The number of para-hydroxylation sites is 1. The van der Waals surface area contributed by atoms with E-state index in [1.54, 1.807) is 0 Å². The lowest BCUT2D eigenvalue weighted by atomic mass is 10.1. The highest BCUT2D eigenvalue weighted by Crippen LogP contribution is 2.18. The number of pyridine rings is 1. The van der Waals surface area contributed by atoms with Gasteiger partial charge in [0.2, 0.25) is 0 Å². The number of nitrogens with zero attached hydrogens (tertiary/aromatic N) is 2. The van der Waals surface area contributed by atoms with Crippen molar-refractivity contribution in [1.82, 2.24) is 9.88 Å². The third-order valence-electron chi connectivity index (χ3n) is 3.49. The Morgan fingerprint density at radius 3 is 3.00 bits per heavy atom. The van der Waals surface area contributed by atoms with Gasteiger partial charge < -0.3 is 0 Å². The molecule has 3 heteroatoms. The fourth-order valence-electron chi connectivity index (χ4n) is 2.57. The molecule has 0 saturated carbocycles. The topological polar surface area (TPSA) is 16.1 Å². The van der Waals surface area contributed by atoms with E-state index in [0.717, 1.165) is 37.3 Å². The van der Waals surface area contributed by atoms with Crippen LogP contribution >= 0.6 is 11.6 Å². The zero-order chi connectivity index (χ0) is 12.4. The standard InChI is InChI=1S/C15H17ClN2/c16-13-5-3-9-18(10-13)11-14-8-7-12-4-1-2-6-15(12)17-14/h1-2,4,6-8,13H,3,5,9-11H2. The molecular formula is C15H17ClN2. The molecule has 94 valence electrons. The van der Waals surface area contributed by atoms with Crippen molar-refractivity contribution in [3.63, 3.8) is 0 Å². The first-order chi connectivity index (χ1) is 8.81. The second kappa shape index (κ2) is 5.25. The van der Waals surface area contributed by atoms with Crippen molar-refractivity contribution in [2.24, 2.45) is 0 Å². The van der Waals surface area contributed by atoms with Crippen LogP contribution in [0.5, 0.6) is 0 Å². The molecule has 2 aromatic rings. The summed E-state index contributed by atoms with van der Waals surface area (Å²) in [5, 5.41) is 1.51. The van der Waals surface area contributed by atoms with Crippen molar-refractivity contribution >= 4 is 22.5 Å². The number of fused-ring (bicyclic) bond motifs is 1. The number of aromatic nitrogens is 1. The first kappa shape index (κ1) is 11.9. The minimum atomic E-state index is 0.305. The van der Waals surface area contributed by atoms with Gasteiger partial charge in [0.05, 0.1) is 11.2 Å². The molecule has 1 aromatic heterocycles. The van der Waals surface area contributed by atoms with Crippen LogP contribution in [-0.2, 0) is 6.54 Å². The smallest absolute Gasteiger partial charge is 0.0705 e. The van der Waals surface area contributed by atoms with Gasteiger partial charge in [-0.3, -0.25) is 9.88 Å². The lowest BCUT2D eigenvalue weighted by Crippen LogP contribution is -2.35. The molecule has 1 unspecified atom stereocenters. The third-order valence-corrected chi connectivity index (χ3v) is 3.85. The van der Waals surface area contributed by atoms with E-state index < -0.39 is 0 Å². The van der Waals surface area contributed by atoms with Crippen molar-refractivity contribution < 1.29 is 0 Å². The Labute approximate surface area is 113 Å². The van der Waals surface area contributed by atoms with Crippen LogP contribution in [0.1, 0.15) is 18.5 Å². The Morgan fingerprint density at radius 1 is 1.22 bits per heavy atom. The van der Waals surface area contributed by atoms with Gasteiger partial charge in [-0.05, 0) is 31.5 Å². The van der Waals surface area contributed by atoms with E-state index in [1.165, 1.54) is 11.8 Å². The maximum Gasteiger partial charge on any atom is 0.0705 e. The molecule has 1 saturated heterocycles. The number of likely N-dealkylation sites (tertiary alicyclic amines) is 1. The van der Waals surface area contributed by atoms with Crippen LogP contribution in [0, 0.1) is 0 Å². The molecule has 1 fully saturated rings. The zero-order valence-electron chi connectivity index (χ0n) is 10.3. The van der Waals surface area contributed by atoms with Crippen LogP contribution in [0.3, 0.4) is 0 Å². The summed E-state index contributed by atoms with van der Waals surface area (Å²) in [6, 6.07) is 12.5. The molecule has 0 aliphatic carbocycles. The lowest BCUT2D eigenvalue weighted by Gasteiger charge is -2.29. The van der Waals surface area contributed by atoms with Gasteiger partial charge in [0, 0.05) is 23.9 Å². The van der Waals surface area contributed by atoms with Crippen molar-refractivity contribution in [2.75, 3.05) is 13.1 Å². The number of rotatable bonds is 2. The Bertz CT molecular complexity index is 541. The monoisotopic (exact) mass is 260 g/mol. The molecule has 1 aromatic carbocycles. The van der Waals surface area contributed by atoms with Gasteiger partial charge >= 0.3 is 0 Å². The van der Waals surface area contributed by atoms with E-state index in [1.807, 2.05) is 12.1 Å². The highest BCUT2D eigenvalue weighted by Gasteiger charge is 2.18. The fourth-order valence-corrected chi connectivity index (χ4v) is 2.92. The quantitative estimate of drug-likeness (QED) is 0.769. The second-order valence-electron chi connectivity index (χ2n) is 4.97. The van der Waals surface area contributed by atoms with Gasteiger partial charge in [-0.1, -0.05) is 24.3 Å². The number of hydrogen-bond donors (Lipinski definition) is 0. The molecule has 2 nitrogen and oxygen atoms in total. The van der Waals surface area contributed by atoms with E-state index >= 15 is 0 Å². The summed E-state index contributed by atoms with van der Waals surface area (Å²) in [6.45, 7) is 3.03. The number of halogens is 1. The van der Waals surface area contributed by atoms with Gasteiger partial charge in [-0.2, -0.15) is 0 Å². The Morgan fingerprint density at radius 2 is 2.11 bits per heavy atom. The van der Waals surface area contributed by atoms with Crippen LogP contribution in [0.2, 0.25) is 0 Å². The third kappa shape index (κ3) is 2.65. The van der Waals surface area contributed by atoms with E-state index in [2.05, 4.69) is 29.2 Å². The fraction of sp³-hybridized carbons (Fsp3) is 0.400. The van der Waals surface area contributed by atoms with Gasteiger partial charge in [0.25, 0.3) is 0 Å². The molecule has 1 atom stereocenters. The molecule has 1 aliphatic heterocycles. The molecule has 2 heterocycles. The summed E-state index contributed by atoms with van der Waals surface area (Å²) in [5.41, 5.74) is 2.22. The lowest BCUT2D eigenvalue weighted by molar-refractivity contribution is 0.222. The predicted octanol–water partition coefficient (Wildman–Crippen LogP) is 3.44. The maximum atomic E-state index is 6.21. The van der Waals surface area contributed by atoms with Gasteiger partial charge in [0.15, 0.2) is 0 Å². The number of hydrogen-bond acceptors (Lipinski definition) is 2. The van der Waals surface area contributed by atoms with Gasteiger partial charge in [-0.25, -0.2) is 0 Å². The number of benzene rings is 1. The summed E-state index contributed by atoms with van der Waals surface area (Å²) >= 11 is 6.21. The minimum Gasteiger partial charge on any atom is -0.296 e. The summed E-state index contributed by atoms with van der Waals surface area (Å²) in [6.07, 6.45) is 2.34. The van der Waals surface area contributed by atoms with Gasteiger partial charge in [0.1, 0.15) is 0 Å². The number of alkyl halides is 1. The average molecular weight is 261 g/mol. The average Bonchev–Trinajstić information content (AvgIpc) is 2.39. The van der Waals surface area contributed by atoms with Crippen LogP contribution < -0.4 is 0 Å². The van der Waals surface area contributed by atoms with E-state index in [0.29, 0.717) is 5.38 Å². The molecule has 0 bridgehead atoms. The normalized spacial score (nSPS) is 21.3. The molecule has 3 rings (SSSR count). The first-order valence-electron chi connectivity index (χ1n) is 6.52. The maximum absolute atomic E-state index is 6.21. The molecular weight excluding hydrogens is 244 g/mol. The molecule has 0 amide bonds. The van der Waals surface area contributed by atoms with Crippen LogP contribution in [0.4, 0.5) is 0 Å². The van der Waals surface area contributed by atoms with Crippen molar-refractivity contribution in [3.05, 3.63) is 42.1 Å². The van der Waals surface area contributed by atoms with E-state index in [9.17, 15) is 0 Å². The molecule has 0 radical (unpaired) electrons. The van der Waals surface area contributed by atoms with E-state index in [-0.39, 0.29) is 0 Å². The SMILES string of the molecule is ClC1CCCN(Cc2ccc3ccccc3n2)C1. The van der Waals surface area contributed by atoms with Crippen LogP contribution in [0.15, 0.2) is 36.4 Å². The highest BCUT2D eigenvalue weighted by atomic mass is 35.5. The predicted molar refractivity (Wildman–Crippen MR) is 75.9 cm³/mol. The zero-order valence-corrected chi connectivity index (χ0v) is 11.1. The summed E-state index contributed by atoms with van der Waals surface area (Å²) in [7, 11) is 0. The van der Waals surface area contributed by atoms with Crippen LogP contribution in [-0.4, -0.2) is 28.4 Å². The number of piperidine rings is 1. The summed E-state index contributed by atoms with van der Waals surface area (Å²) in [4.78, 5) is 7.11. The van der Waals surface area contributed by atoms with Crippen molar-refractivity contribution in [1.29, 1.82) is 0 Å². The van der Waals surface area contributed by atoms with Crippen LogP contribution in [0.25, 0.3) is 10.9 Å². The minimum absolute atomic E-state index is 0.305. The van der Waals surface area contributed by atoms with Crippen molar-refractivity contribution in [2.45, 2.75) is 24.8 Å². The van der Waals surface area contributed by atoms with E-state index in [4.69, 9.17) is 16.6 Å². The van der Waals surface area contributed by atoms with Crippen molar-refractivity contribution in [3.8, 4) is 0 Å². The largest absolute Gasteiger partial charge is 0.296 e. The summed E-state index contributed by atoms with van der Waals surface area (Å²) in [5.74, 6) is 0. The molecule has 1 aliphatic rings. The first-order valence-corrected chi connectivity index (χ1v) is 6.96. The Balaban J connectivity index is 1.78. The molecule has 18 heavy (non-hydrogen) atoms. The van der Waals surface area contributed by atoms with Gasteiger partial charge in [-0.15, -0.1) is 11.6 Å². The summed E-state index contributed by atoms with van der Waals surface area (Å²) < 4.78 is 0.